The van der Waals surface area contributed by atoms with Gasteiger partial charge in [0.15, 0.2) is 11.9 Å². The summed E-state index contributed by atoms with van der Waals surface area (Å²) in [7, 11) is 3.06. The molecule has 0 aromatic carbocycles. The van der Waals surface area contributed by atoms with Gasteiger partial charge >= 0.3 is 5.97 Å². The zero-order valence-corrected chi connectivity index (χ0v) is 13.8. The van der Waals surface area contributed by atoms with Gasteiger partial charge in [0.2, 0.25) is 0 Å². The number of hydrogen-bond donors (Lipinski definition) is 1. The molecular formula is C15H28O6. The van der Waals surface area contributed by atoms with Crippen LogP contribution in [0.2, 0.25) is 0 Å². The Bertz CT molecular complexity index is 347. The van der Waals surface area contributed by atoms with Gasteiger partial charge in [-0.3, -0.25) is 4.79 Å². The fourth-order valence-corrected chi connectivity index (χ4v) is 2.60. The first-order chi connectivity index (χ1) is 9.80. The second-order valence-electron chi connectivity index (χ2n) is 5.68. The van der Waals surface area contributed by atoms with E-state index in [2.05, 4.69) is 0 Å². The van der Waals surface area contributed by atoms with Crippen LogP contribution in [-0.2, 0) is 23.7 Å². The van der Waals surface area contributed by atoms with Gasteiger partial charge < -0.3 is 24.1 Å². The van der Waals surface area contributed by atoms with Gasteiger partial charge in [-0.2, -0.15) is 0 Å². The van der Waals surface area contributed by atoms with Crippen molar-refractivity contribution in [3.05, 3.63) is 0 Å². The lowest BCUT2D eigenvalue weighted by Gasteiger charge is -2.48. The first-order valence-corrected chi connectivity index (χ1v) is 7.45. The lowest BCUT2D eigenvalue weighted by atomic mass is 9.82. The predicted octanol–water partition coefficient (Wildman–Crippen LogP) is 1.49. The molecule has 1 N–H and O–H groups in total. The first kappa shape index (κ1) is 18.4. The van der Waals surface area contributed by atoms with Crippen molar-refractivity contribution in [1.29, 1.82) is 0 Å². The second-order valence-corrected chi connectivity index (χ2v) is 5.68. The second kappa shape index (κ2) is 7.54. The van der Waals surface area contributed by atoms with Gasteiger partial charge in [0.1, 0.15) is 6.10 Å². The van der Waals surface area contributed by atoms with Crippen molar-refractivity contribution in [1.82, 2.24) is 0 Å². The van der Waals surface area contributed by atoms with Crippen molar-refractivity contribution in [3.63, 3.8) is 0 Å². The number of hydrogen-bond acceptors (Lipinski definition) is 6. The van der Waals surface area contributed by atoms with Crippen molar-refractivity contribution in [2.75, 3.05) is 14.2 Å². The van der Waals surface area contributed by atoms with Crippen LogP contribution in [0.1, 0.15) is 40.5 Å². The Kier molecular flexibility index (Phi) is 6.59. The molecular weight excluding hydrogens is 276 g/mol. The highest BCUT2D eigenvalue weighted by atomic mass is 16.7. The molecule has 1 aliphatic heterocycles. The van der Waals surface area contributed by atoms with Crippen LogP contribution in [0.4, 0.5) is 0 Å². The molecule has 21 heavy (non-hydrogen) atoms. The summed E-state index contributed by atoms with van der Waals surface area (Å²) in [6.07, 6.45) is -1.24. The molecule has 0 radical (unpaired) electrons. The van der Waals surface area contributed by atoms with E-state index in [-0.39, 0.29) is 11.9 Å². The summed E-state index contributed by atoms with van der Waals surface area (Å²) in [5, 5.41) is 11.0. The number of esters is 1. The summed E-state index contributed by atoms with van der Waals surface area (Å²) < 4.78 is 21.6. The smallest absolute Gasteiger partial charge is 0.309 e. The average molecular weight is 304 g/mol. The summed E-state index contributed by atoms with van der Waals surface area (Å²) in [6.45, 7) is 7.11. The molecule has 1 saturated heterocycles. The van der Waals surface area contributed by atoms with Gasteiger partial charge in [-0.25, -0.2) is 0 Å². The SMILES string of the molecule is CC[C@H](C)C(=O)O[C@@H](C)[C@@]1(O)[C@H](C)O[C@@H](OC)C[C@@H]1OC. The van der Waals surface area contributed by atoms with E-state index in [1.54, 1.807) is 27.9 Å². The Labute approximate surface area is 126 Å². The third-order valence-electron chi connectivity index (χ3n) is 4.44. The third kappa shape index (κ3) is 3.74. The van der Waals surface area contributed by atoms with Crippen LogP contribution in [0.5, 0.6) is 0 Å². The zero-order valence-electron chi connectivity index (χ0n) is 13.8. The van der Waals surface area contributed by atoms with E-state index in [0.29, 0.717) is 12.8 Å². The van der Waals surface area contributed by atoms with E-state index in [1.165, 1.54) is 7.11 Å². The topological polar surface area (TPSA) is 74.2 Å². The van der Waals surface area contributed by atoms with E-state index in [1.807, 2.05) is 6.92 Å². The monoisotopic (exact) mass is 304 g/mol. The first-order valence-electron chi connectivity index (χ1n) is 7.45. The number of rotatable bonds is 6. The molecule has 6 atom stereocenters. The zero-order chi connectivity index (χ0) is 16.2. The normalized spacial score (nSPS) is 36.0. The number of methoxy groups -OCH3 is 2. The molecule has 0 amide bonds. The average Bonchev–Trinajstić information content (AvgIpc) is 2.48. The van der Waals surface area contributed by atoms with E-state index >= 15 is 0 Å². The molecule has 0 spiro atoms. The minimum Gasteiger partial charge on any atom is -0.459 e. The van der Waals surface area contributed by atoms with Crippen LogP contribution < -0.4 is 0 Å². The molecule has 6 heteroatoms. The van der Waals surface area contributed by atoms with Gasteiger partial charge in [0, 0.05) is 20.6 Å². The van der Waals surface area contributed by atoms with Crippen molar-refractivity contribution >= 4 is 5.97 Å². The fraction of sp³-hybridized carbons (Fsp3) is 0.933. The minimum absolute atomic E-state index is 0.205. The lowest BCUT2D eigenvalue weighted by molar-refractivity contribution is -0.302. The van der Waals surface area contributed by atoms with Crippen molar-refractivity contribution in [2.24, 2.45) is 5.92 Å². The quantitative estimate of drug-likeness (QED) is 0.750. The van der Waals surface area contributed by atoms with Crippen LogP contribution in [0, 0.1) is 5.92 Å². The summed E-state index contributed by atoms with van der Waals surface area (Å²) in [5.41, 5.74) is -1.41. The maximum absolute atomic E-state index is 12.0. The Morgan fingerprint density at radius 1 is 1.38 bits per heavy atom. The van der Waals surface area contributed by atoms with E-state index in [0.717, 1.165) is 0 Å². The number of ether oxygens (including phenoxy) is 4. The van der Waals surface area contributed by atoms with Gasteiger partial charge in [-0.05, 0) is 20.3 Å². The maximum atomic E-state index is 12.0. The van der Waals surface area contributed by atoms with Gasteiger partial charge in [0.05, 0.1) is 18.1 Å². The van der Waals surface area contributed by atoms with Crippen molar-refractivity contribution < 1.29 is 28.8 Å². The molecule has 0 saturated carbocycles. The van der Waals surface area contributed by atoms with Crippen LogP contribution in [-0.4, -0.2) is 55.5 Å². The van der Waals surface area contributed by atoms with Crippen molar-refractivity contribution in [2.45, 2.75) is 70.7 Å². The third-order valence-corrected chi connectivity index (χ3v) is 4.44. The number of carbonyl (C=O) groups is 1. The highest BCUT2D eigenvalue weighted by Gasteiger charge is 2.54. The highest BCUT2D eigenvalue weighted by molar-refractivity contribution is 5.72. The molecule has 0 unspecified atom stereocenters. The van der Waals surface area contributed by atoms with Gasteiger partial charge in [0.25, 0.3) is 0 Å². The van der Waals surface area contributed by atoms with E-state index in [9.17, 15) is 9.90 Å². The Hall–Kier alpha value is -0.690. The Morgan fingerprint density at radius 3 is 2.48 bits per heavy atom. The van der Waals surface area contributed by atoms with Crippen molar-refractivity contribution in [3.8, 4) is 0 Å². The molecule has 1 fully saturated rings. The highest BCUT2D eigenvalue weighted by Crippen LogP contribution is 2.35. The van der Waals surface area contributed by atoms with Gasteiger partial charge in [-0.15, -0.1) is 0 Å². The molecule has 124 valence electrons. The Morgan fingerprint density at radius 2 is 2.00 bits per heavy atom. The summed E-state index contributed by atoms with van der Waals surface area (Å²) >= 11 is 0. The fourth-order valence-electron chi connectivity index (χ4n) is 2.60. The molecule has 1 aliphatic rings. The standard InChI is InChI=1S/C15H28O6/c1-7-9(2)14(16)21-11(4)15(17)10(3)20-13(19-6)8-12(15)18-5/h9-13,17H,7-8H2,1-6H3/t9-,10-,11-,12-,13+,15-/m0/s1. The Balaban J connectivity index is 2.87. The number of aliphatic hydroxyl groups is 1. The molecule has 1 rings (SSSR count). The summed E-state index contributed by atoms with van der Waals surface area (Å²) in [6, 6.07) is 0. The van der Waals surface area contributed by atoms with Gasteiger partial charge in [-0.1, -0.05) is 13.8 Å². The van der Waals surface area contributed by atoms with Crippen LogP contribution in [0.15, 0.2) is 0 Å². The maximum Gasteiger partial charge on any atom is 0.309 e. The minimum atomic E-state index is -1.41. The summed E-state index contributed by atoms with van der Waals surface area (Å²) in [4.78, 5) is 12.0. The lowest BCUT2D eigenvalue weighted by Crippen LogP contribution is -2.65. The largest absolute Gasteiger partial charge is 0.459 e. The molecule has 0 aromatic heterocycles. The molecule has 0 aliphatic carbocycles. The summed E-state index contributed by atoms with van der Waals surface area (Å²) in [5.74, 6) is -0.530. The van der Waals surface area contributed by atoms with Crippen LogP contribution in [0.25, 0.3) is 0 Å². The molecule has 0 bridgehead atoms. The van der Waals surface area contributed by atoms with Crippen LogP contribution in [0.3, 0.4) is 0 Å². The molecule has 6 nitrogen and oxygen atoms in total. The van der Waals surface area contributed by atoms with Crippen LogP contribution >= 0.6 is 0 Å². The predicted molar refractivity (Wildman–Crippen MR) is 76.7 cm³/mol. The molecule has 0 aromatic rings. The van der Waals surface area contributed by atoms with E-state index in [4.69, 9.17) is 18.9 Å². The van der Waals surface area contributed by atoms with E-state index < -0.39 is 30.2 Å². The molecule has 1 heterocycles. The number of carbonyl (C=O) groups excluding carboxylic acids is 1.